The van der Waals surface area contributed by atoms with Gasteiger partial charge in [0.25, 0.3) is 0 Å². The molecule has 1 saturated heterocycles. The summed E-state index contributed by atoms with van der Waals surface area (Å²) >= 11 is 1.86. The summed E-state index contributed by atoms with van der Waals surface area (Å²) in [5, 5.41) is 7.59. The van der Waals surface area contributed by atoms with Crippen LogP contribution < -0.4 is 5.73 Å². The highest BCUT2D eigenvalue weighted by Crippen LogP contribution is 2.21. The number of ether oxygens (including phenoxy) is 1. The van der Waals surface area contributed by atoms with E-state index in [9.17, 15) is 0 Å². The maximum Gasteiger partial charge on any atom is 0.0916 e. The largest absolute Gasteiger partial charge is 0.388 e. The number of thioether (sulfide) groups is 1. The molecule has 0 saturated carbocycles. The lowest BCUT2D eigenvalue weighted by Crippen LogP contribution is -2.17. The van der Waals surface area contributed by atoms with Crippen LogP contribution in [0.3, 0.4) is 0 Å². The number of hydrogen-bond donors (Lipinski definition) is 2. The lowest BCUT2D eigenvalue weighted by atomic mass is 10.3. The minimum absolute atomic E-state index is 0.285. The van der Waals surface area contributed by atoms with E-state index in [-0.39, 0.29) is 5.84 Å². The smallest absolute Gasteiger partial charge is 0.0916 e. The highest BCUT2D eigenvalue weighted by molar-refractivity contribution is 7.99. The lowest BCUT2D eigenvalue weighted by Gasteiger charge is -2.13. The number of rotatable bonds is 5. The molecule has 0 amide bonds. The number of nitrogens with two attached hydrogens (primary N) is 1. The standard InChI is InChI=1S/C9H18N2OS/c1-7(5-9(10)11)13-6-8-3-2-4-12-8/h7-8H,2-6H2,1H3,(H3,10,11). The summed E-state index contributed by atoms with van der Waals surface area (Å²) < 4.78 is 5.50. The summed E-state index contributed by atoms with van der Waals surface area (Å²) in [6.07, 6.45) is 3.53. The van der Waals surface area contributed by atoms with Gasteiger partial charge in [0.05, 0.1) is 11.9 Å². The molecule has 13 heavy (non-hydrogen) atoms. The van der Waals surface area contributed by atoms with Crippen molar-refractivity contribution in [3.8, 4) is 0 Å². The number of hydrogen-bond acceptors (Lipinski definition) is 3. The third kappa shape index (κ3) is 4.52. The molecule has 0 aromatic rings. The third-order valence-electron chi connectivity index (χ3n) is 2.10. The minimum Gasteiger partial charge on any atom is -0.388 e. The molecule has 0 aromatic heterocycles. The van der Waals surface area contributed by atoms with Crippen molar-refractivity contribution in [2.24, 2.45) is 5.73 Å². The van der Waals surface area contributed by atoms with E-state index in [1.54, 1.807) is 0 Å². The number of nitrogens with one attached hydrogen (secondary N) is 1. The van der Waals surface area contributed by atoms with E-state index in [1.165, 1.54) is 12.8 Å². The Bertz CT molecular complexity index is 169. The molecule has 1 rings (SSSR count). The zero-order valence-corrected chi connectivity index (χ0v) is 8.90. The molecule has 0 aliphatic carbocycles. The molecule has 0 spiro atoms. The fourth-order valence-corrected chi connectivity index (χ4v) is 2.52. The SMILES string of the molecule is CC(CC(=N)N)SCC1CCCO1. The van der Waals surface area contributed by atoms with Crippen LogP contribution in [-0.4, -0.2) is 29.5 Å². The maximum atomic E-state index is 7.15. The highest BCUT2D eigenvalue weighted by Gasteiger charge is 2.16. The van der Waals surface area contributed by atoms with E-state index < -0.39 is 0 Å². The molecular weight excluding hydrogens is 184 g/mol. The van der Waals surface area contributed by atoms with Gasteiger partial charge in [0.15, 0.2) is 0 Å². The first-order chi connectivity index (χ1) is 6.18. The van der Waals surface area contributed by atoms with Crippen molar-refractivity contribution in [2.45, 2.75) is 37.5 Å². The average molecular weight is 202 g/mol. The minimum atomic E-state index is 0.285. The second-order valence-electron chi connectivity index (χ2n) is 3.51. The first-order valence-corrected chi connectivity index (χ1v) is 5.79. The van der Waals surface area contributed by atoms with Crippen molar-refractivity contribution in [1.29, 1.82) is 5.41 Å². The van der Waals surface area contributed by atoms with Gasteiger partial charge in [-0.3, -0.25) is 5.41 Å². The second-order valence-corrected chi connectivity index (χ2v) is 4.98. The van der Waals surface area contributed by atoms with Crippen molar-refractivity contribution in [3.63, 3.8) is 0 Å². The molecular formula is C9H18N2OS. The molecule has 76 valence electrons. The topological polar surface area (TPSA) is 59.1 Å². The summed E-state index contributed by atoms with van der Waals surface area (Å²) in [5.74, 6) is 1.33. The first kappa shape index (κ1) is 10.9. The molecule has 1 aliphatic rings. The van der Waals surface area contributed by atoms with E-state index in [1.807, 2.05) is 11.8 Å². The van der Waals surface area contributed by atoms with Crippen LogP contribution in [0.25, 0.3) is 0 Å². The second kappa shape index (κ2) is 5.50. The molecule has 1 aliphatic heterocycles. The van der Waals surface area contributed by atoms with Gasteiger partial charge in [0, 0.05) is 24.0 Å². The molecule has 3 nitrogen and oxygen atoms in total. The van der Waals surface area contributed by atoms with E-state index >= 15 is 0 Å². The number of amidine groups is 1. The zero-order chi connectivity index (χ0) is 9.68. The van der Waals surface area contributed by atoms with Gasteiger partial charge < -0.3 is 10.5 Å². The van der Waals surface area contributed by atoms with Crippen LogP contribution in [-0.2, 0) is 4.74 Å². The van der Waals surface area contributed by atoms with Gasteiger partial charge in [0.2, 0.25) is 0 Å². The normalized spacial score (nSPS) is 24.5. The van der Waals surface area contributed by atoms with Crippen molar-refractivity contribution in [2.75, 3.05) is 12.4 Å². The van der Waals surface area contributed by atoms with Crippen LogP contribution in [0.15, 0.2) is 0 Å². The van der Waals surface area contributed by atoms with Crippen LogP contribution in [0.5, 0.6) is 0 Å². The summed E-state index contributed by atoms with van der Waals surface area (Å²) in [5.41, 5.74) is 5.32. The fraction of sp³-hybridized carbons (Fsp3) is 0.889. The Morgan fingerprint density at radius 2 is 2.54 bits per heavy atom. The molecule has 0 bridgehead atoms. The predicted molar refractivity (Wildman–Crippen MR) is 57.4 cm³/mol. The first-order valence-electron chi connectivity index (χ1n) is 4.74. The molecule has 1 heterocycles. The highest BCUT2D eigenvalue weighted by atomic mass is 32.2. The Labute approximate surface area is 83.9 Å². The lowest BCUT2D eigenvalue weighted by molar-refractivity contribution is 0.129. The third-order valence-corrected chi connectivity index (χ3v) is 3.40. The van der Waals surface area contributed by atoms with E-state index in [0.717, 1.165) is 12.4 Å². The fourth-order valence-electron chi connectivity index (χ4n) is 1.42. The molecule has 4 heteroatoms. The van der Waals surface area contributed by atoms with Crippen molar-refractivity contribution >= 4 is 17.6 Å². The summed E-state index contributed by atoms with van der Waals surface area (Å²) in [6, 6.07) is 0. The Kier molecular flexibility index (Phi) is 4.59. The maximum absolute atomic E-state index is 7.15. The Hall–Kier alpha value is -0.220. The molecule has 2 atom stereocenters. The molecule has 0 aromatic carbocycles. The molecule has 0 radical (unpaired) electrons. The van der Waals surface area contributed by atoms with Gasteiger partial charge in [-0.25, -0.2) is 0 Å². The summed E-state index contributed by atoms with van der Waals surface area (Å²) in [4.78, 5) is 0. The van der Waals surface area contributed by atoms with Crippen LogP contribution in [0.4, 0.5) is 0 Å². The van der Waals surface area contributed by atoms with Crippen LogP contribution in [0.2, 0.25) is 0 Å². The molecule has 2 unspecified atom stereocenters. The van der Waals surface area contributed by atoms with Crippen LogP contribution in [0.1, 0.15) is 26.2 Å². The van der Waals surface area contributed by atoms with Gasteiger partial charge in [0.1, 0.15) is 0 Å². The van der Waals surface area contributed by atoms with Gasteiger partial charge >= 0.3 is 0 Å². The van der Waals surface area contributed by atoms with Crippen LogP contribution >= 0.6 is 11.8 Å². The predicted octanol–water partition coefficient (Wildman–Crippen LogP) is 1.61. The average Bonchev–Trinajstić information content (AvgIpc) is 2.51. The van der Waals surface area contributed by atoms with Gasteiger partial charge in [-0.15, -0.1) is 0 Å². The molecule has 1 fully saturated rings. The van der Waals surface area contributed by atoms with Crippen molar-refractivity contribution in [1.82, 2.24) is 0 Å². The Morgan fingerprint density at radius 1 is 1.77 bits per heavy atom. The zero-order valence-electron chi connectivity index (χ0n) is 8.08. The van der Waals surface area contributed by atoms with E-state index in [2.05, 4.69) is 6.92 Å². The van der Waals surface area contributed by atoms with E-state index in [4.69, 9.17) is 15.9 Å². The monoisotopic (exact) mass is 202 g/mol. The van der Waals surface area contributed by atoms with Gasteiger partial charge in [-0.2, -0.15) is 11.8 Å². The Balaban J connectivity index is 2.06. The van der Waals surface area contributed by atoms with Gasteiger partial charge in [-0.05, 0) is 12.8 Å². The van der Waals surface area contributed by atoms with Crippen LogP contribution in [0, 0.1) is 5.41 Å². The van der Waals surface area contributed by atoms with Crippen molar-refractivity contribution in [3.05, 3.63) is 0 Å². The van der Waals surface area contributed by atoms with E-state index in [0.29, 0.717) is 17.8 Å². The molecule has 3 N–H and O–H groups in total. The summed E-state index contributed by atoms with van der Waals surface area (Å²) in [6.45, 7) is 3.04. The Morgan fingerprint density at radius 3 is 3.08 bits per heavy atom. The summed E-state index contributed by atoms with van der Waals surface area (Å²) in [7, 11) is 0. The van der Waals surface area contributed by atoms with Gasteiger partial charge in [-0.1, -0.05) is 6.92 Å². The van der Waals surface area contributed by atoms with Crippen molar-refractivity contribution < 1.29 is 4.74 Å². The quantitative estimate of drug-likeness (QED) is 0.526.